The molecule has 1 saturated heterocycles. The molecule has 0 radical (unpaired) electrons. The highest BCUT2D eigenvalue weighted by Gasteiger charge is 2.17. The number of pyridine rings is 1. The molecule has 0 spiro atoms. The zero-order valence-electron chi connectivity index (χ0n) is 19.7. The Hall–Kier alpha value is -2.11. The first-order valence-corrected chi connectivity index (χ1v) is 11.7. The summed E-state index contributed by atoms with van der Waals surface area (Å²) < 4.78 is 0. The molecule has 6 heteroatoms. The molecule has 1 aliphatic heterocycles. The molecule has 2 aliphatic rings. The third kappa shape index (κ3) is 9.14. The number of rotatable bonds is 5. The van der Waals surface area contributed by atoms with Crippen molar-refractivity contribution in [1.82, 2.24) is 9.88 Å². The Kier molecular flexibility index (Phi) is 12.8. The van der Waals surface area contributed by atoms with E-state index in [2.05, 4.69) is 22.1 Å². The van der Waals surface area contributed by atoms with Crippen molar-refractivity contribution < 1.29 is 9.59 Å². The third-order valence-electron chi connectivity index (χ3n) is 5.65. The van der Waals surface area contributed by atoms with Crippen LogP contribution in [-0.4, -0.2) is 48.4 Å². The smallest absolute Gasteiger partial charge is 0.224 e. The summed E-state index contributed by atoms with van der Waals surface area (Å²) in [7, 11) is 1.88. The van der Waals surface area contributed by atoms with Crippen LogP contribution in [0.15, 0.2) is 18.3 Å². The molecule has 0 bridgehead atoms. The van der Waals surface area contributed by atoms with Gasteiger partial charge in [-0.25, -0.2) is 4.98 Å². The third-order valence-corrected chi connectivity index (χ3v) is 5.65. The molecule has 6 nitrogen and oxygen atoms in total. The molecule has 1 N–H and O–H groups in total. The molecule has 2 amide bonds. The van der Waals surface area contributed by atoms with E-state index >= 15 is 0 Å². The van der Waals surface area contributed by atoms with E-state index in [9.17, 15) is 9.59 Å². The second kappa shape index (κ2) is 14.8. The lowest BCUT2D eigenvalue weighted by Crippen LogP contribution is -2.34. The maximum Gasteiger partial charge on any atom is 0.224 e. The van der Waals surface area contributed by atoms with Gasteiger partial charge in [-0.1, -0.05) is 47.0 Å². The van der Waals surface area contributed by atoms with Crippen LogP contribution < -0.4 is 10.2 Å². The highest BCUT2D eigenvalue weighted by atomic mass is 16.1. The van der Waals surface area contributed by atoms with Gasteiger partial charge < -0.3 is 15.1 Å². The summed E-state index contributed by atoms with van der Waals surface area (Å²) in [6, 6.07) is 4.45. The number of anilines is 2. The van der Waals surface area contributed by atoms with E-state index in [1.165, 1.54) is 44.9 Å². The fourth-order valence-corrected chi connectivity index (χ4v) is 3.87. The van der Waals surface area contributed by atoms with Gasteiger partial charge in [0.05, 0.1) is 11.9 Å². The Bertz CT molecular complexity index is 600. The number of nitrogens with zero attached hydrogens (tertiary/aromatic N) is 3. The minimum Gasteiger partial charge on any atom is -0.356 e. The summed E-state index contributed by atoms with van der Waals surface area (Å²) in [4.78, 5) is 30.2. The van der Waals surface area contributed by atoms with E-state index in [0.29, 0.717) is 12.5 Å². The van der Waals surface area contributed by atoms with E-state index < -0.39 is 0 Å². The molecule has 170 valence electrons. The Morgan fingerprint density at radius 1 is 1.20 bits per heavy atom. The fraction of sp³-hybridized carbons (Fsp3) is 0.708. The molecule has 1 unspecified atom stereocenters. The zero-order chi connectivity index (χ0) is 22.4. The summed E-state index contributed by atoms with van der Waals surface area (Å²) >= 11 is 0. The first-order valence-electron chi connectivity index (χ1n) is 11.7. The summed E-state index contributed by atoms with van der Waals surface area (Å²) in [5.41, 5.74) is 0.774. The molecular weight excluding hydrogens is 376 g/mol. The van der Waals surface area contributed by atoms with Crippen LogP contribution in [0.1, 0.15) is 79.1 Å². The molecular formula is C24H42N4O2. The van der Waals surface area contributed by atoms with Crippen molar-refractivity contribution in [2.24, 2.45) is 5.92 Å². The minimum absolute atomic E-state index is 0.0242. The van der Waals surface area contributed by atoms with Gasteiger partial charge in [-0.3, -0.25) is 9.59 Å². The molecule has 2 heterocycles. The van der Waals surface area contributed by atoms with E-state index in [4.69, 9.17) is 0 Å². The number of nitrogens with one attached hydrogen (secondary N) is 1. The molecule has 30 heavy (non-hydrogen) atoms. The molecule has 2 fully saturated rings. The van der Waals surface area contributed by atoms with Crippen molar-refractivity contribution in [3.63, 3.8) is 0 Å². The van der Waals surface area contributed by atoms with Crippen LogP contribution in [0.25, 0.3) is 0 Å². The largest absolute Gasteiger partial charge is 0.356 e. The fourth-order valence-electron chi connectivity index (χ4n) is 3.87. The summed E-state index contributed by atoms with van der Waals surface area (Å²) in [6.07, 6.45) is 12.1. The van der Waals surface area contributed by atoms with Crippen LogP contribution in [0.3, 0.4) is 0 Å². The van der Waals surface area contributed by atoms with Gasteiger partial charge in [-0.05, 0) is 43.7 Å². The van der Waals surface area contributed by atoms with E-state index in [1.54, 1.807) is 11.1 Å². The van der Waals surface area contributed by atoms with Crippen LogP contribution in [0.4, 0.5) is 11.5 Å². The monoisotopic (exact) mass is 418 g/mol. The van der Waals surface area contributed by atoms with Gasteiger partial charge in [0.2, 0.25) is 12.3 Å². The van der Waals surface area contributed by atoms with Gasteiger partial charge in [0, 0.05) is 32.6 Å². The molecule has 0 aromatic carbocycles. The molecule has 1 atom stereocenters. The summed E-state index contributed by atoms with van der Waals surface area (Å²) in [6.45, 7) is 10.3. The lowest BCUT2D eigenvalue weighted by molar-refractivity contribution is -0.119. The van der Waals surface area contributed by atoms with Crippen molar-refractivity contribution in [2.75, 3.05) is 30.4 Å². The number of amides is 2. The number of hydrogen-bond donors (Lipinski definition) is 1. The second-order valence-electron chi connectivity index (χ2n) is 8.06. The molecule has 3 rings (SSSR count). The maximum absolute atomic E-state index is 11.3. The average Bonchev–Trinajstić information content (AvgIpc) is 2.81. The average molecular weight is 419 g/mol. The first kappa shape index (κ1) is 25.9. The van der Waals surface area contributed by atoms with Crippen molar-refractivity contribution in [3.05, 3.63) is 18.3 Å². The molecule has 1 aromatic rings. The van der Waals surface area contributed by atoms with Crippen LogP contribution in [-0.2, 0) is 9.59 Å². The SMILES string of the molecule is CC.CCC(=O)Nc1ccc(N2CCCC(C)C2)nc1.CN(C=O)C1CCCCC1. The van der Waals surface area contributed by atoms with Crippen LogP contribution in [0.5, 0.6) is 0 Å². The summed E-state index contributed by atoms with van der Waals surface area (Å²) in [5.74, 6) is 1.77. The normalized spacial score (nSPS) is 18.8. The van der Waals surface area contributed by atoms with Crippen molar-refractivity contribution in [1.29, 1.82) is 0 Å². The van der Waals surface area contributed by atoms with Gasteiger partial charge >= 0.3 is 0 Å². The van der Waals surface area contributed by atoms with Crippen molar-refractivity contribution >= 4 is 23.8 Å². The lowest BCUT2D eigenvalue weighted by Gasteiger charge is -2.31. The number of piperidine rings is 1. The zero-order valence-corrected chi connectivity index (χ0v) is 19.7. The van der Waals surface area contributed by atoms with Crippen LogP contribution >= 0.6 is 0 Å². The Labute approximate surface area is 183 Å². The van der Waals surface area contributed by atoms with Crippen LogP contribution in [0.2, 0.25) is 0 Å². The van der Waals surface area contributed by atoms with Gasteiger partial charge in [-0.15, -0.1) is 0 Å². The van der Waals surface area contributed by atoms with E-state index in [-0.39, 0.29) is 5.91 Å². The van der Waals surface area contributed by atoms with Gasteiger partial charge in [0.1, 0.15) is 5.82 Å². The van der Waals surface area contributed by atoms with Gasteiger partial charge in [-0.2, -0.15) is 0 Å². The molecule has 1 aromatic heterocycles. The lowest BCUT2D eigenvalue weighted by atomic mass is 9.95. The van der Waals surface area contributed by atoms with Crippen molar-refractivity contribution in [2.45, 2.75) is 85.1 Å². The Morgan fingerprint density at radius 3 is 2.43 bits per heavy atom. The quantitative estimate of drug-likeness (QED) is 0.676. The topological polar surface area (TPSA) is 65.5 Å². The number of carbonyl (C=O) groups is 2. The van der Waals surface area contributed by atoms with Crippen molar-refractivity contribution in [3.8, 4) is 0 Å². The predicted octanol–water partition coefficient (Wildman–Crippen LogP) is 5.10. The molecule has 1 aliphatic carbocycles. The number of aromatic nitrogens is 1. The highest BCUT2D eigenvalue weighted by Crippen LogP contribution is 2.22. The maximum atomic E-state index is 11.3. The van der Waals surface area contributed by atoms with E-state index in [0.717, 1.165) is 36.9 Å². The number of carbonyl (C=O) groups excluding carboxylic acids is 2. The van der Waals surface area contributed by atoms with Gasteiger partial charge in [0.15, 0.2) is 0 Å². The van der Waals surface area contributed by atoms with Gasteiger partial charge in [0.25, 0.3) is 0 Å². The highest BCUT2D eigenvalue weighted by molar-refractivity contribution is 5.90. The molecule has 1 saturated carbocycles. The standard InChI is InChI=1S/C14H21N3O.C8H15NO.C2H6/c1-3-14(18)16-12-6-7-13(15-9-12)17-8-4-5-11(2)10-17;1-9(7-10)8-5-3-2-4-6-8;1-2/h6-7,9,11H,3-5,8,10H2,1-2H3,(H,16,18);7-8H,2-6H2,1H3;1-2H3. The van der Waals surface area contributed by atoms with E-state index in [1.807, 2.05) is 40.0 Å². The minimum atomic E-state index is 0.0242. The Morgan fingerprint density at radius 2 is 1.90 bits per heavy atom. The van der Waals surface area contributed by atoms with Crippen LogP contribution in [0, 0.1) is 5.92 Å². The number of hydrogen-bond acceptors (Lipinski definition) is 4. The first-order chi connectivity index (χ1) is 14.5. The second-order valence-corrected chi connectivity index (χ2v) is 8.06. The predicted molar refractivity (Wildman–Crippen MR) is 126 cm³/mol. The summed E-state index contributed by atoms with van der Waals surface area (Å²) in [5, 5.41) is 2.81. The Balaban J connectivity index is 0.000000318.